The molecule has 1 heterocycles. The first-order valence-corrected chi connectivity index (χ1v) is 6.59. The van der Waals surface area contributed by atoms with Gasteiger partial charge in [-0.2, -0.15) is 4.31 Å². The molecule has 2 atom stereocenters. The molecule has 2 rings (SSSR count). The van der Waals surface area contributed by atoms with Gasteiger partial charge >= 0.3 is 0 Å². The Balaban J connectivity index is 2.26. The fourth-order valence-corrected chi connectivity index (χ4v) is 3.05. The van der Waals surface area contributed by atoms with E-state index in [0.717, 1.165) is 5.56 Å². The Hall–Kier alpha value is -0.420. The van der Waals surface area contributed by atoms with E-state index < -0.39 is 11.3 Å². The van der Waals surface area contributed by atoms with Crippen molar-refractivity contribution in [2.75, 3.05) is 6.61 Å². The lowest BCUT2D eigenvalue weighted by Gasteiger charge is -2.23. The molecule has 3 nitrogen and oxygen atoms in total. The van der Waals surface area contributed by atoms with Crippen LogP contribution in [0.25, 0.3) is 0 Å². The molecule has 1 fully saturated rings. The third kappa shape index (κ3) is 2.30. The molecule has 0 radical (unpaired) electrons. The first-order chi connectivity index (χ1) is 7.59. The van der Waals surface area contributed by atoms with Crippen LogP contribution in [-0.2, 0) is 15.4 Å². The third-order valence-corrected chi connectivity index (χ3v) is 4.18. The summed E-state index contributed by atoms with van der Waals surface area (Å²) >= 11 is 4.51. The summed E-state index contributed by atoms with van der Waals surface area (Å²) in [6, 6.07) is 7.83. The molecule has 0 spiro atoms. The van der Waals surface area contributed by atoms with Crippen molar-refractivity contribution >= 4 is 22.9 Å². The highest BCUT2D eigenvalue weighted by Gasteiger charge is 2.35. The molecule has 1 saturated heterocycles. The van der Waals surface area contributed by atoms with Crippen molar-refractivity contribution in [3.05, 3.63) is 34.9 Å². The van der Waals surface area contributed by atoms with Crippen LogP contribution in [0.3, 0.4) is 0 Å². The molecule has 1 aromatic rings. The van der Waals surface area contributed by atoms with Gasteiger partial charge in [-0.3, -0.25) is 4.18 Å². The maximum absolute atomic E-state index is 11.7. The molecular weight excluding hydrogens is 246 g/mol. The second kappa shape index (κ2) is 4.84. The molecule has 0 aliphatic carbocycles. The molecule has 2 unspecified atom stereocenters. The van der Waals surface area contributed by atoms with Gasteiger partial charge in [0.15, 0.2) is 0 Å². The van der Waals surface area contributed by atoms with Crippen LogP contribution in [0.5, 0.6) is 0 Å². The average Bonchev–Trinajstić information content (AvgIpc) is 2.61. The zero-order chi connectivity index (χ0) is 11.7. The fourth-order valence-electron chi connectivity index (χ4n) is 1.82. The van der Waals surface area contributed by atoms with Crippen LogP contribution in [-0.4, -0.2) is 21.2 Å². The van der Waals surface area contributed by atoms with Crippen LogP contribution < -0.4 is 0 Å². The van der Waals surface area contributed by atoms with Gasteiger partial charge in [0.1, 0.15) is 0 Å². The minimum Gasteiger partial charge on any atom is -0.276 e. The predicted octanol–water partition coefficient (Wildman–Crippen LogP) is 2.70. The summed E-state index contributed by atoms with van der Waals surface area (Å²) < 4.78 is 18.7. The lowest BCUT2D eigenvalue weighted by atomic mass is 10.1. The molecule has 0 saturated carbocycles. The summed E-state index contributed by atoms with van der Waals surface area (Å²) in [6.07, 6.45) is 0. The van der Waals surface area contributed by atoms with Gasteiger partial charge in [0, 0.05) is 11.1 Å². The molecule has 0 amide bonds. The first-order valence-electron chi connectivity index (χ1n) is 5.18. The number of rotatable bonds is 2. The topological polar surface area (TPSA) is 29.5 Å². The van der Waals surface area contributed by atoms with Crippen LogP contribution in [0.4, 0.5) is 0 Å². The molecule has 1 aliphatic rings. The summed E-state index contributed by atoms with van der Waals surface area (Å²) in [4.78, 5) is 0. The van der Waals surface area contributed by atoms with E-state index in [0.29, 0.717) is 11.6 Å². The van der Waals surface area contributed by atoms with Gasteiger partial charge in [-0.1, -0.05) is 23.7 Å². The van der Waals surface area contributed by atoms with Crippen molar-refractivity contribution in [3.8, 4) is 0 Å². The Bertz CT molecular complexity index is 393. The molecule has 5 heteroatoms. The van der Waals surface area contributed by atoms with Crippen LogP contribution >= 0.6 is 11.6 Å². The monoisotopic (exact) mass is 259 g/mol. The smallest absolute Gasteiger partial charge is 0.238 e. The summed E-state index contributed by atoms with van der Waals surface area (Å²) in [7, 11) is 0. The zero-order valence-electron chi connectivity index (χ0n) is 9.22. The van der Waals surface area contributed by atoms with Crippen molar-refractivity contribution in [1.29, 1.82) is 0 Å². The number of nitrogens with zero attached hydrogens (tertiary/aromatic N) is 1. The molecule has 16 heavy (non-hydrogen) atoms. The van der Waals surface area contributed by atoms with Gasteiger partial charge in [0.25, 0.3) is 0 Å². The summed E-state index contributed by atoms with van der Waals surface area (Å²) in [5, 5.41) is 0.708. The van der Waals surface area contributed by atoms with E-state index in [-0.39, 0.29) is 12.1 Å². The zero-order valence-corrected chi connectivity index (χ0v) is 10.8. The van der Waals surface area contributed by atoms with Crippen molar-refractivity contribution in [2.45, 2.75) is 25.9 Å². The van der Waals surface area contributed by atoms with E-state index in [1.165, 1.54) is 0 Å². The number of hydrogen-bond acceptors (Lipinski definition) is 2. The summed E-state index contributed by atoms with van der Waals surface area (Å²) in [5.41, 5.74) is 1.09. The van der Waals surface area contributed by atoms with E-state index in [2.05, 4.69) is 0 Å². The number of halogens is 1. The molecule has 1 aliphatic heterocycles. The summed E-state index contributed by atoms with van der Waals surface area (Å²) in [6.45, 7) is 4.48. The predicted molar refractivity (Wildman–Crippen MR) is 65.3 cm³/mol. The van der Waals surface area contributed by atoms with Gasteiger partial charge in [0.2, 0.25) is 11.3 Å². The van der Waals surface area contributed by atoms with Crippen LogP contribution in [0.2, 0.25) is 5.02 Å². The molecular formula is C11H14ClNO2S. The molecule has 0 bridgehead atoms. The standard InChI is InChI=1S/C11H14ClNO2S/c1-8(2)13-11(7-15-16(13)14)9-3-5-10(12)6-4-9/h3-6,8,11H,7H2,1-2H3. The largest absolute Gasteiger partial charge is 0.276 e. The number of benzene rings is 1. The minimum absolute atomic E-state index is 0.0538. The Kier molecular flexibility index (Phi) is 3.64. The van der Waals surface area contributed by atoms with E-state index in [4.69, 9.17) is 15.8 Å². The van der Waals surface area contributed by atoms with E-state index in [1.807, 2.05) is 42.4 Å². The number of hydrogen-bond donors (Lipinski definition) is 0. The van der Waals surface area contributed by atoms with Crippen LogP contribution in [0, 0.1) is 0 Å². The quantitative estimate of drug-likeness (QED) is 0.817. The fraction of sp³-hybridized carbons (Fsp3) is 0.455. The van der Waals surface area contributed by atoms with Crippen molar-refractivity contribution in [1.82, 2.24) is 4.31 Å². The van der Waals surface area contributed by atoms with Gasteiger partial charge < -0.3 is 0 Å². The van der Waals surface area contributed by atoms with Gasteiger partial charge in [-0.05, 0) is 31.5 Å². The highest BCUT2D eigenvalue weighted by atomic mass is 35.5. The van der Waals surface area contributed by atoms with Crippen molar-refractivity contribution in [2.24, 2.45) is 0 Å². The normalized spacial score (nSPS) is 26.5. The first kappa shape index (κ1) is 12.0. The van der Waals surface area contributed by atoms with Gasteiger partial charge in [0.05, 0.1) is 12.6 Å². The third-order valence-electron chi connectivity index (χ3n) is 2.57. The summed E-state index contributed by atoms with van der Waals surface area (Å²) in [5.74, 6) is 0. The van der Waals surface area contributed by atoms with Crippen LogP contribution in [0.15, 0.2) is 24.3 Å². The van der Waals surface area contributed by atoms with E-state index in [1.54, 1.807) is 0 Å². The Labute approximate surface area is 103 Å². The molecule has 1 aromatic carbocycles. The SMILES string of the molecule is CC(C)N1C(c2ccc(Cl)cc2)COS1=O. The lowest BCUT2D eigenvalue weighted by Crippen LogP contribution is -2.31. The highest BCUT2D eigenvalue weighted by Crippen LogP contribution is 2.31. The van der Waals surface area contributed by atoms with E-state index >= 15 is 0 Å². The highest BCUT2D eigenvalue weighted by molar-refractivity contribution is 7.78. The minimum atomic E-state index is -1.33. The second-order valence-electron chi connectivity index (χ2n) is 4.02. The Morgan fingerprint density at radius 1 is 1.44 bits per heavy atom. The van der Waals surface area contributed by atoms with E-state index in [9.17, 15) is 4.21 Å². The van der Waals surface area contributed by atoms with Crippen molar-refractivity contribution in [3.63, 3.8) is 0 Å². The maximum atomic E-state index is 11.7. The van der Waals surface area contributed by atoms with Crippen LogP contribution in [0.1, 0.15) is 25.5 Å². The molecule has 0 N–H and O–H groups in total. The lowest BCUT2D eigenvalue weighted by molar-refractivity contribution is 0.287. The maximum Gasteiger partial charge on any atom is 0.238 e. The van der Waals surface area contributed by atoms with Crippen molar-refractivity contribution < 1.29 is 8.39 Å². The van der Waals surface area contributed by atoms with Gasteiger partial charge in [-0.25, -0.2) is 4.21 Å². The molecule has 88 valence electrons. The Morgan fingerprint density at radius 2 is 2.06 bits per heavy atom. The average molecular weight is 260 g/mol. The van der Waals surface area contributed by atoms with Gasteiger partial charge in [-0.15, -0.1) is 0 Å². The second-order valence-corrected chi connectivity index (χ2v) is 5.55. The molecule has 0 aromatic heterocycles. The Morgan fingerprint density at radius 3 is 2.62 bits per heavy atom.